The average Bonchev–Trinajstić information content (AvgIpc) is 2.83. The number of hydrogen-bond donors (Lipinski definition) is 1. The van der Waals surface area contributed by atoms with E-state index in [2.05, 4.69) is 21.2 Å². The summed E-state index contributed by atoms with van der Waals surface area (Å²) in [5.74, 6) is 0.471. The van der Waals surface area contributed by atoms with Crippen LogP contribution in [-0.4, -0.2) is 35.9 Å². The van der Waals surface area contributed by atoms with Crippen molar-refractivity contribution in [1.29, 1.82) is 0 Å². The van der Waals surface area contributed by atoms with Crippen molar-refractivity contribution in [1.82, 2.24) is 10.2 Å². The summed E-state index contributed by atoms with van der Waals surface area (Å²) >= 11 is 9.63. The first-order valence-corrected chi connectivity index (χ1v) is 12.6. The number of ether oxygens (including phenoxy) is 1. The Hall–Kier alpha value is -2.57. The summed E-state index contributed by atoms with van der Waals surface area (Å²) in [6.45, 7) is 6.63. The van der Waals surface area contributed by atoms with Crippen molar-refractivity contribution in [2.45, 2.75) is 39.8 Å². The van der Waals surface area contributed by atoms with Crippen molar-refractivity contribution in [3.63, 3.8) is 0 Å². The number of carbonyl (C=O) groups excluding carboxylic acids is 2. The first-order valence-electron chi connectivity index (χ1n) is 11.4. The first kappa shape index (κ1) is 26.0. The molecule has 0 heterocycles. The van der Waals surface area contributed by atoms with E-state index in [0.29, 0.717) is 29.7 Å². The summed E-state index contributed by atoms with van der Waals surface area (Å²) in [7, 11) is 0. The van der Waals surface area contributed by atoms with Gasteiger partial charge >= 0.3 is 0 Å². The van der Waals surface area contributed by atoms with Crippen LogP contribution in [0.15, 0.2) is 65.1 Å². The summed E-state index contributed by atoms with van der Waals surface area (Å²) in [5, 5.41) is 5.66. The van der Waals surface area contributed by atoms with Crippen LogP contribution in [0.5, 0.6) is 5.75 Å². The van der Waals surface area contributed by atoms with Crippen LogP contribution in [-0.2, 0) is 16.1 Å². The Balaban J connectivity index is 1.81. The molecule has 5 nitrogen and oxygen atoms in total. The second kappa shape index (κ2) is 12.2. The number of nitrogens with zero attached hydrogens (tertiary/aromatic N) is 1. The van der Waals surface area contributed by atoms with E-state index >= 15 is 0 Å². The van der Waals surface area contributed by atoms with Crippen molar-refractivity contribution in [3.8, 4) is 5.75 Å². The molecule has 2 amide bonds. The van der Waals surface area contributed by atoms with Gasteiger partial charge in [0, 0.05) is 18.1 Å². The van der Waals surface area contributed by atoms with E-state index in [1.807, 2.05) is 69.3 Å². The molecule has 0 fully saturated rings. The maximum atomic E-state index is 13.4. The number of benzene rings is 3. The zero-order valence-corrected chi connectivity index (χ0v) is 22.0. The smallest absolute Gasteiger partial charge is 0.261 e. The molecule has 0 aliphatic carbocycles. The highest BCUT2D eigenvalue weighted by atomic mass is 79.9. The Morgan fingerprint density at radius 2 is 1.76 bits per heavy atom. The molecular formula is C27H30BrClN2O3. The third-order valence-corrected chi connectivity index (χ3v) is 6.59. The Bertz CT molecular complexity index is 1130. The molecule has 3 aromatic rings. The van der Waals surface area contributed by atoms with Gasteiger partial charge in [-0.3, -0.25) is 9.59 Å². The maximum absolute atomic E-state index is 13.4. The molecule has 180 valence electrons. The zero-order valence-electron chi connectivity index (χ0n) is 19.7. The van der Waals surface area contributed by atoms with Crippen LogP contribution in [0.2, 0.25) is 5.02 Å². The van der Waals surface area contributed by atoms with E-state index < -0.39 is 6.04 Å². The summed E-state index contributed by atoms with van der Waals surface area (Å²) in [6, 6.07) is 18.4. The molecule has 0 saturated carbocycles. The molecule has 3 aromatic carbocycles. The predicted octanol–water partition coefficient (Wildman–Crippen LogP) is 6.21. The number of carbonyl (C=O) groups is 2. The lowest BCUT2D eigenvalue weighted by atomic mass is 10.1. The van der Waals surface area contributed by atoms with Crippen molar-refractivity contribution in [2.24, 2.45) is 5.92 Å². The fourth-order valence-electron chi connectivity index (χ4n) is 3.68. The molecule has 1 N–H and O–H groups in total. The van der Waals surface area contributed by atoms with Crippen LogP contribution in [0, 0.1) is 5.92 Å². The van der Waals surface area contributed by atoms with Gasteiger partial charge in [-0.15, -0.1) is 0 Å². The van der Waals surface area contributed by atoms with Gasteiger partial charge in [0.15, 0.2) is 6.61 Å². The van der Waals surface area contributed by atoms with Crippen LogP contribution in [0.4, 0.5) is 0 Å². The van der Waals surface area contributed by atoms with Gasteiger partial charge in [0.2, 0.25) is 5.91 Å². The second-order valence-corrected chi connectivity index (χ2v) is 9.83. The molecule has 0 aromatic heterocycles. The Morgan fingerprint density at radius 3 is 2.44 bits per heavy atom. The molecule has 7 heteroatoms. The molecule has 0 spiro atoms. The fourth-order valence-corrected chi connectivity index (χ4v) is 4.41. The van der Waals surface area contributed by atoms with Gasteiger partial charge in [0.05, 0.1) is 4.47 Å². The Morgan fingerprint density at radius 1 is 1.06 bits per heavy atom. The van der Waals surface area contributed by atoms with Crippen LogP contribution in [0.25, 0.3) is 10.8 Å². The standard InChI is InChI=1S/C27H30BrClN2O3/c1-4-23(27(33)30-15-18(2)3)31(16-19-9-12-21(29)13-10-19)25(32)17-34-24-14-11-20-7-5-6-8-22(20)26(24)28/h5-14,18,23H,4,15-17H2,1-3H3,(H,30,33)/t23-/m0/s1. The van der Waals surface area contributed by atoms with Gasteiger partial charge in [-0.05, 0) is 62.8 Å². The number of nitrogens with one attached hydrogen (secondary N) is 1. The van der Waals surface area contributed by atoms with E-state index in [1.165, 1.54) is 0 Å². The maximum Gasteiger partial charge on any atom is 0.261 e. The lowest BCUT2D eigenvalue weighted by Crippen LogP contribution is -2.50. The Kier molecular flexibility index (Phi) is 9.36. The quantitative estimate of drug-likeness (QED) is 0.329. The largest absolute Gasteiger partial charge is 0.483 e. The van der Waals surface area contributed by atoms with E-state index in [9.17, 15) is 9.59 Å². The molecule has 0 unspecified atom stereocenters. The molecule has 34 heavy (non-hydrogen) atoms. The summed E-state index contributed by atoms with van der Waals surface area (Å²) in [6.07, 6.45) is 0.489. The molecule has 0 aliphatic rings. The van der Waals surface area contributed by atoms with Crippen LogP contribution < -0.4 is 10.1 Å². The molecule has 1 atom stereocenters. The summed E-state index contributed by atoms with van der Waals surface area (Å²) in [4.78, 5) is 27.9. The monoisotopic (exact) mass is 544 g/mol. The minimum Gasteiger partial charge on any atom is -0.483 e. The van der Waals surface area contributed by atoms with Crippen LogP contribution in [0.3, 0.4) is 0 Å². The highest BCUT2D eigenvalue weighted by Crippen LogP contribution is 2.33. The number of amides is 2. The van der Waals surface area contributed by atoms with Gasteiger partial charge in [-0.25, -0.2) is 0 Å². The SMILES string of the molecule is CC[C@@H](C(=O)NCC(C)C)N(Cc1ccc(Cl)cc1)C(=O)COc1ccc2ccccc2c1Br. The van der Waals surface area contributed by atoms with Crippen LogP contribution >= 0.6 is 27.5 Å². The number of fused-ring (bicyclic) bond motifs is 1. The van der Waals surface area contributed by atoms with Gasteiger partial charge < -0.3 is 15.0 Å². The van der Waals surface area contributed by atoms with Crippen molar-refractivity contribution in [3.05, 3.63) is 75.7 Å². The van der Waals surface area contributed by atoms with Gasteiger partial charge in [-0.2, -0.15) is 0 Å². The van der Waals surface area contributed by atoms with Gasteiger partial charge in [-0.1, -0.05) is 74.8 Å². The van der Waals surface area contributed by atoms with E-state index in [4.69, 9.17) is 16.3 Å². The zero-order chi connectivity index (χ0) is 24.7. The van der Waals surface area contributed by atoms with Crippen molar-refractivity contribution < 1.29 is 14.3 Å². The van der Waals surface area contributed by atoms with Crippen LogP contribution in [0.1, 0.15) is 32.8 Å². The average molecular weight is 546 g/mol. The normalized spacial score (nSPS) is 11.9. The lowest BCUT2D eigenvalue weighted by Gasteiger charge is -2.31. The highest BCUT2D eigenvalue weighted by molar-refractivity contribution is 9.10. The molecule has 0 bridgehead atoms. The van der Waals surface area contributed by atoms with Crippen molar-refractivity contribution in [2.75, 3.05) is 13.2 Å². The van der Waals surface area contributed by atoms with Crippen molar-refractivity contribution >= 4 is 50.1 Å². The molecule has 0 aliphatic heterocycles. The molecule has 0 radical (unpaired) electrons. The van der Waals surface area contributed by atoms with E-state index in [-0.39, 0.29) is 25.0 Å². The Labute approximate surface area is 214 Å². The minimum absolute atomic E-state index is 0.162. The summed E-state index contributed by atoms with van der Waals surface area (Å²) < 4.78 is 6.72. The third kappa shape index (κ3) is 6.73. The number of halogens is 2. The third-order valence-electron chi connectivity index (χ3n) is 5.52. The van der Waals surface area contributed by atoms with Gasteiger partial charge in [0.1, 0.15) is 11.8 Å². The second-order valence-electron chi connectivity index (χ2n) is 8.60. The minimum atomic E-state index is -0.606. The molecule has 3 rings (SSSR count). The predicted molar refractivity (Wildman–Crippen MR) is 141 cm³/mol. The molecule has 0 saturated heterocycles. The van der Waals surface area contributed by atoms with Gasteiger partial charge in [0.25, 0.3) is 5.91 Å². The number of hydrogen-bond acceptors (Lipinski definition) is 3. The topological polar surface area (TPSA) is 58.6 Å². The molecular weight excluding hydrogens is 516 g/mol. The van der Waals surface area contributed by atoms with E-state index in [0.717, 1.165) is 20.8 Å². The highest BCUT2D eigenvalue weighted by Gasteiger charge is 2.29. The first-order chi connectivity index (χ1) is 16.3. The summed E-state index contributed by atoms with van der Waals surface area (Å²) in [5.41, 5.74) is 0.889. The fraction of sp³-hybridized carbons (Fsp3) is 0.333. The van der Waals surface area contributed by atoms with E-state index in [1.54, 1.807) is 17.0 Å². The number of rotatable bonds is 10. The lowest BCUT2D eigenvalue weighted by molar-refractivity contribution is -0.143.